The number of nitrogens with one attached hydrogen (secondary N) is 1. The number of aryl methyl sites for hydroxylation is 1. The maximum Gasteiger partial charge on any atom is 0.328 e. The summed E-state index contributed by atoms with van der Waals surface area (Å²) in [4.78, 5) is 50.3. The molecule has 0 radical (unpaired) electrons. The fourth-order valence-corrected chi connectivity index (χ4v) is 2.99. The molecule has 0 saturated heterocycles. The summed E-state index contributed by atoms with van der Waals surface area (Å²) in [5, 5.41) is 9.45. The highest BCUT2D eigenvalue weighted by molar-refractivity contribution is 5.84. The third-order valence-electron chi connectivity index (χ3n) is 4.32. The average Bonchev–Trinajstić information content (AvgIpc) is 2.59. The number of benzene rings is 1. The molecule has 0 spiro atoms. The van der Waals surface area contributed by atoms with Gasteiger partial charge in [0.25, 0.3) is 5.56 Å². The van der Waals surface area contributed by atoms with E-state index in [0.717, 1.165) is 11.1 Å². The molecule has 0 bridgehead atoms. The second-order valence-electron chi connectivity index (χ2n) is 5.90. The SMILES string of the molecule is O=C(O)[C@@H]1Cc2ccccc2CN1C(=O)CCn1ccc(=O)[nH]c1=O. The van der Waals surface area contributed by atoms with Crippen LogP contribution < -0.4 is 11.2 Å². The highest BCUT2D eigenvalue weighted by Crippen LogP contribution is 2.24. The first kappa shape index (κ1) is 16.7. The quantitative estimate of drug-likeness (QED) is 0.809. The monoisotopic (exact) mass is 343 g/mol. The number of aromatic nitrogens is 2. The lowest BCUT2D eigenvalue weighted by atomic mass is 9.93. The zero-order valence-electron chi connectivity index (χ0n) is 13.3. The lowest BCUT2D eigenvalue weighted by Gasteiger charge is -2.34. The molecule has 8 nitrogen and oxygen atoms in total. The van der Waals surface area contributed by atoms with Gasteiger partial charge in [-0.1, -0.05) is 24.3 Å². The minimum absolute atomic E-state index is 0.0299. The van der Waals surface area contributed by atoms with Gasteiger partial charge in [-0.3, -0.25) is 14.6 Å². The van der Waals surface area contributed by atoms with E-state index in [1.165, 1.54) is 21.7 Å². The maximum atomic E-state index is 12.5. The van der Waals surface area contributed by atoms with Crippen LogP contribution in [0.1, 0.15) is 17.5 Å². The largest absolute Gasteiger partial charge is 0.480 e. The Morgan fingerprint density at radius 2 is 1.88 bits per heavy atom. The van der Waals surface area contributed by atoms with Crippen LogP contribution in [0.4, 0.5) is 0 Å². The number of nitrogens with zero attached hydrogens (tertiary/aromatic N) is 2. The summed E-state index contributed by atoms with van der Waals surface area (Å²) in [5.41, 5.74) is 0.746. The Bertz CT molecular complexity index is 930. The predicted molar refractivity (Wildman–Crippen MR) is 88.1 cm³/mol. The third kappa shape index (κ3) is 3.52. The molecule has 1 aliphatic heterocycles. The van der Waals surface area contributed by atoms with Crippen molar-refractivity contribution in [3.63, 3.8) is 0 Å². The topological polar surface area (TPSA) is 112 Å². The summed E-state index contributed by atoms with van der Waals surface area (Å²) < 4.78 is 1.22. The molecule has 0 aliphatic carbocycles. The van der Waals surface area contributed by atoms with Crippen LogP contribution in [0.15, 0.2) is 46.1 Å². The summed E-state index contributed by atoms with van der Waals surface area (Å²) in [5.74, 6) is -1.40. The minimum Gasteiger partial charge on any atom is -0.480 e. The number of carbonyl (C=O) groups is 2. The number of hydrogen-bond acceptors (Lipinski definition) is 4. The number of hydrogen-bond donors (Lipinski definition) is 2. The number of aromatic amines is 1. The normalized spacial score (nSPS) is 16.3. The molecule has 0 saturated carbocycles. The van der Waals surface area contributed by atoms with Crippen molar-refractivity contribution in [3.8, 4) is 0 Å². The van der Waals surface area contributed by atoms with Crippen LogP contribution in [-0.4, -0.2) is 37.5 Å². The van der Waals surface area contributed by atoms with Gasteiger partial charge in [0.1, 0.15) is 6.04 Å². The van der Waals surface area contributed by atoms with Crippen molar-refractivity contribution in [1.82, 2.24) is 14.5 Å². The van der Waals surface area contributed by atoms with Crippen molar-refractivity contribution < 1.29 is 14.7 Å². The number of fused-ring (bicyclic) bond motifs is 1. The molecule has 3 rings (SSSR count). The number of carboxylic acid groups (broad SMARTS) is 1. The van der Waals surface area contributed by atoms with Crippen molar-refractivity contribution in [1.29, 1.82) is 0 Å². The van der Waals surface area contributed by atoms with E-state index >= 15 is 0 Å². The molecule has 1 amide bonds. The van der Waals surface area contributed by atoms with Crippen molar-refractivity contribution >= 4 is 11.9 Å². The number of carboxylic acids is 1. The van der Waals surface area contributed by atoms with Gasteiger partial charge in [-0.15, -0.1) is 0 Å². The molecule has 1 atom stereocenters. The fraction of sp³-hybridized carbons (Fsp3) is 0.294. The van der Waals surface area contributed by atoms with E-state index in [1.807, 2.05) is 24.3 Å². The van der Waals surface area contributed by atoms with E-state index in [9.17, 15) is 24.3 Å². The van der Waals surface area contributed by atoms with Crippen molar-refractivity contribution in [3.05, 3.63) is 68.5 Å². The molecule has 2 N–H and O–H groups in total. The van der Waals surface area contributed by atoms with Gasteiger partial charge in [0.2, 0.25) is 5.91 Å². The van der Waals surface area contributed by atoms with Gasteiger partial charge in [-0.05, 0) is 11.1 Å². The van der Waals surface area contributed by atoms with Gasteiger partial charge in [0.15, 0.2) is 0 Å². The fourth-order valence-electron chi connectivity index (χ4n) is 2.99. The van der Waals surface area contributed by atoms with Gasteiger partial charge in [0, 0.05) is 38.2 Å². The molecule has 130 valence electrons. The smallest absolute Gasteiger partial charge is 0.328 e. The molecule has 2 aromatic rings. The number of rotatable bonds is 4. The van der Waals surface area contributed by atoms with E-state index in [2.05, 4.69) is 4.98 Å². The molecule has 2 heterocycles. The molecule has 25 heavy (non-hydrogen) atoms. The van der Waals surface area contributed by atoms with Crippen molar-refractivity contribution in [2.75, 3.05) is 0 Å². The van der Waals surface area contributed by atoms with E-state index in [0.29, 0.717) is 0 Å². The first-order valence-corrected chi connectivity index (χ1v) is 7.84. The standard InChI is InChI=1S/C17H17N3O5/c21-14-5-7-19(17(25)18-14)8-6-15(22)20-10-12-4-2-1-3-11(12)9-13(20)16(23)24/h1-5,7,13H,6,8-10H2,(H,23,24)(H,18,21,25)/t13-/m0/s1. The van der Waals surface area contributed by atoms with Crippen LogP contribution in [0.2, 0.25) is 0 Å². The summed E-state index contributed by atoms with van der Waals surface area (Å²) in [6, 6.07) is 7.71. The summed E-state index contributed by atoms with van der Waals surface area (Å²) in [7, 11) is 0. The Balaban J connectivity index is 1.76. The number of carbonyl (C=O) groups excluding carboxylic acids is 1. The molecule has 1 aromatic heterocycles. The highest BCUT2D eigenvalue weighted by atomic mass is 16.4. The first-order chi connectivity index (χ1) is 12.0. The molecule has 0 unspecified atom stereocenters. The molecule has 1 aliphatic rings. The van der Waals surface area contributed by atoms with Gasteiger partial charge in [-0.25, -0.2) is 9.59 Å². The minimum atomic E-state index is -1.05. The van der Waals surface area contributed by atoms with Gasteiger partial charge in [-0.2, -0.15) is 0 Å². The summed E-state index contributed by atoms with van der Waals surface area (Å²) >= 11 is 0. The molecular weight excluding hydrogens is 326 g/mol. The maximum absolute atomic E-state index is 12.5. The van der Waals surface area contributed by atoms with Crippen LogP contribution in [-0.2, 0) is 29.1 Å². The van der Waals surface area contributed by atoms with Gasteiger partial charge >= 0.3 is 11.7 Å². The van der Waals surface area contributed by atoms with E-state index in [1.54, 1.807) is 0 Å². The second kappa shape index (κ2) is 6.76. The van der Waals surface area contributed by atoms with Crippen LogP contribution in [0.5, 0.6) is 0 Å². The zero-order valence-corrected chi connectivity index (χ0v) is 13.3. The third-order valence-corrected chi connectivity index (χ3v) is 4.32. The first-order valence-electron chi connectivity index (χ1n) is 7.84. The zero-order chi connectivity index (χ0) is 18.0. The van der Waals surface area contributed by atoms with Crippen LogP contribution in [0.3, 0.4) is 0 Å². The van der Waals surface area contributed by atoms with E-state index in [4.69, 9.17) is 0 Å². The van der Waals surface area contributed by atoms with Crippen LogP contribution in [0, 0.1) is 0 Å². The van der Waals surface area contributed by atoms with Crippen LogP contribution in [0.25, 0.3) is 0 Å². The molecule has 0 fully saturated rings. The number of H-pyrrole nitrogens is 1. The molecule has 1 aromatic carbocycles. The Labute approximate surface area is 142 Å². The molecular formula is C17H17N3O5. The van der Waals surface area contributed by atoms with Gasteiger partial charge < -0.3 is 14.6 Å². The predicted octanol–water partition coefficient (Wildman–Crippen LogP) is -0.0352. The highest BCUT2D eigenvalue weighted by Gasteiger charge is 2.34. The van der Waals surface area contributed by atoms with Crippen molar-refractivity contribution in [2.45, 2.75) is 32.0 Å². The average molecular weight is 343 g/mol. The lowest BCUT2D eigenvalue weighted by Crippen LogP contribution is -2.49. The number of aliphatic carboxylic acids is 1. The van der Waals surface area contributed by atoms with Gasteiger partial charge in [0.05, 0.1) is 0 Å². The Morgan fingerprint density at radius 1 is 1.16 bits per heavy atom. The lowest BCUT2D eigenvalue weighted by molar-refractivity contribution is -0.151. The van der Waals surface area contributed by atoms with E-state index < -0.39 is 23.3 Å². The second-order valence-corrected chi connectivity index (χ2v) is 5.90. The Morgan fingerprint density at radius 3 is 2.56 bits per heavy atom. The molecule has 8 heteroatoms. The van der Waals surface area contributed by atoms with Crippen molar-refractivity contribution in [2.24, 2.45) is 0 Å². The summed E-state index contributed by atoms with van der Waals surface area (Å²) in [6.45, 7) is 0.297. The Hall–Kier alpha value is -3.16. The number of amides is 1. The summed E-state index contributed by atoms with van der Waals surface area (Å²) in [6.07, 6.45) is 1.54. The van der Waals surface area contributed by atoms with E-state index in [-0.39, 0.29) is 31.8 Å². The van der Waals surface area contributed by atoms with Crippen LogP contribution >= 0.6 is 0 Å². The Kier molecular flexibility index (Phi) is 4.51.